The van der Waals surface area contributed by atoms with Crippen molar-refractivity contribution >= 4 is 0 Å². The fraction of sp³-hybridized carbons (Fsp3) is 0.333. The summed E-state index contributed by atoms with van der Waals surface area (Å²) in [7, 11) is 0. The monoisotopic (exact) mass is 229 g/mol. The number of nitrogens with one attached hydrogen (secondary N) is 1. The lowest BCUT2D eigenvalue weighted by Gasteiger charge is -2.10. The van der Waals surface area contributed by atoms with Gasteiger partial charge in [-0.3, -0.25) is 0 Å². The van der Waals surface area contributed by atoms with Gasteiger partial charge in [0.05, 0.1) is 6.26 Å². The summed E-state index contributed by atoms with van der Waals surface area (Å²) in [6, 6.07) is 10.9. The Kier molecular flexibility index (Phi) is 3.64. The third-order valence-corrected chi connectivity index (χ3v) is 2.80. The van der Waals surface area contributed by atoms with Crippen molar-refractivity contribution in [1.82, 2.24) is 5.32 Å². The third kappa shape index (κ3) is 2.98. The second-order valence-corrected chi connectivity index (χ2v) is 4.66. The first-order valence-corrected chi connectivity index (χ1v) is 6.03. The summed E-state index contributed by atoms with van der Waals surface area (Å²) in [5.74, 6) is 0.939. The molecule has 2 aromatic rings. The first-order chi connectivity index (χ1) is 8.16. The van der Waals surface area contributed by atoms with E-state index in [0.717, 1.165) is 12.3 Å². The topological polar surface area (TPSA) is 25.2 Å². The number of rotatable bonds is 4. The Bertz CT molecular complexity index is 472. The predicted octanol–water partition coefficient (Wildman–Crippen LogP) is 3.75. The van der Waals surface area contributed by atoms with Crippen LogP contribution < -0.4 is 5.32 Å². The molecule has 2 nitrogen and oxygen atoms in total. The average molecular weight is 229 g/mol. The molecule has 0 saturated heterocycles. The van der Waals surface area contributed by atoms with Crippen molar-refractivity contribution in [3.05, 3.63) is 47.7 Å². The number of furan rings is 1. The van der Waals surface area contributed by atoms with Gasteiger partial charge in [-0.2, -0.15) is 0 Å². The van der Waals surface area contributed by atoms with Gasteiger partial charge in [0.25, 0.3) is 0 Å². The molecule has 1 N–H and O–H groups in total. The summed E-state index contributed by atoms with van der Waals surface area (Å²) < 4.78 is 5.46. The fourth-order valence-corrected chi connectivity index (χ4v) is 1.80. The van der Waals surface area contributed by atoms with Crippen LogP contribution in [0.1, 0.15) is 25.0 Å². The molecule has 1 heterocycles. The molecule has 0 atom stereocenters. The molecule has 1 aromatic carbocycles. The lowest BCUT2D eigenvalue weighted by Crippen LogP contribution is -2.21. The van der Waals surface area contributed by atoms with Crippen molar-refractivity contribution < 1.29 is 4.42 Å². The highest BCUT2D eigenvalue weighted by Crippen LogP contribution is 2.24. The van der Waals surface area contributed by atoms with Crippen molar-refractivity contribution in [3.8, 4) is 11.3 Å². The maximum atomic E-state index is 5.46. The van der Waals surface area contributed by atoms with Gasteiger partial charge < -0.3 is 9.73 Å². The van der Waals surface area contributed by atoms with Gasteiger partial charge in [0.15, 0.2) is 0 Å². The van der Waals surface area contributed by atoms with Crippen LogP contribution in [0.5, 0.6) is 0 Å². The minimum Gasteiger partial charge on any atom is -0.464 e. The summed E-state index contributed by atoms with van der Waals surface area (Å²) in [5.41, 5.74) is 3.71. The lowest BCUT2D eigenvalue weighted by atomic mass is 10.0. The summed E-state index contributed by atoms with van der Waals surface area (Å²) in [6.07, 6.45) is 1.72. The van der Waals surface area contributed by atoms with E-state index in [0.29, 0.717) is 6.04 Å². The van der Waals surface area contributed by atoms with E-state index in [-0.39, 0.29) is 0 Å². The largest absolute Gasteiger partial charge is 0.464 e. The molecule has 0 spiro atoms. The standard InChI is InChI=1S/C15H19NO/c1-11(2)16-10-13-7-6-12(3)14(9-13)15-5-4-8-17-15/h4-9,11,16H,10H2,1-3H3. The summed E-state index contributed by atoms with van der Waals surface area (Å²) in [4.78, 5) is 0. The highest BCUT2D eigenvalue weighted by atomic mass is 16.3. The van der Waals surface area contributed by atoms with Gasteiger partial charge in [0.2, 0.25) is 0 Å². The van der Waals surface area contributed by atoms with Crippen molar-refractivity contribution in [2.24, 2.45) is 0 Å². The van der Waals surface area contributed by atoms with Crippen molar-refractivity contribution in [1.29, 1.82) is 0 Å². The third-order valence-electron chi connectivity index (χ3n) is 2.80. The molecule has 0 aliphatic heterocycles. The molecule has 90 valence electrons. The lowest BCUT2D eigenvalue weighted by molar-refractivity contribution is 0.580. The molecule has 0 fully saturated rings. The second kappa shape index (κ2) is 5.19. The fourth-order valence-electron chi connectivity index (χ4n) is 1.80. The Labute approximate surface area is 103 Å². The molecule has 0 unspecified atom stereocenters. The van der Waals surface area contributed by atoms with Gasteiger partial charge in [-0.15, -0.1) is 0 Å². The zero-order valence-electron chi connectivity index (χ0n) is 10.7. The molecule has 0 bridgehead atoms. The molecule has 0 aliphatic rings. The Balaban J connectivity index is 2.24. The minimum atomic E-state index is 0.503. The van der Waals surface area contributed by atoms with Gasteiger partial charge in [-0.1, -0.05) is 26.0 Å². The summed E-state index contributed by atoms with van der Waals surface area (Å²) in [5, 5.41) is 3.42. The molecule has 17 heavy (non-hydrogen) atoms. The van der Waals surface area contributed by atoms with E-state index in [1.807, 2.05) is 12.1 Å². The molecule has 2 heteroatoms. The Hall–Kier alpha value is -1.54. The number of benzene rings is 1. The number of hydrogen-bond donors (Lipinski definition) is 1. The van der Waals surface area contributed by atoms with E-state index in [1.165, 1.54) is 16.7 Å². The molecule has 0 aliphatic carbocycles. The van der Waals surface area contributed by atoms with E-state index in [1.54, 1.807) is 6.26 Å². The van der Waals surface area contributed by atoms with Crippen LogP contribution >= 0.6 is 0 Å². The van der Waals surface area contributed by atoms with Gasteiger partial charge in [0.1, 0.15) is 5.76 Å². The van der Waals surface area contributed by atoms with Crippen LogP contribution in [0.25, 0.3) is 11.3 Å². The van der Waals surface area contributed by atoms with Gasteiger partial charge in [0, 0.05) is 18.2 Å². The van der Waals surface area contributed by atoms with Crippen LogP contribution in [0.3, 0.4) is 0 Å². The minimum absolute atomic E-state index is 0.503. The van der Waals surface area contributed by atoms with Crippen LogP contribution in [-0.4, -0.2) is 6.04 Å². The number of hydrogen-bond acceptors (Lipinski definition) is 2. The first kappa shape index (κ1) is 11.9. The van der Waals surface area contributed by atoms with Gasteiger partial charge in [-0.05, 0) is 36.2 Å². The molecule has 1 aromatic heterocycles. The first-order valence-electron chi connectivity index (χ1n) is 6.03. The molecular formula is C15H19NO. The molecule has 0 radical (unpaired) electrons. The van der Waals surface area contributed by atoms with E-state index in [4.69, 9.17) is 4.42 Å². The van der Waals surface area contributed by atoms with Crippen LogP contribution in [0.15, 0.2) is 41.0 Å². The molecular weight excluding hydrogens is 210 g/mol. The van der Waals surface area contributed by atoms with E-state index in [9.17, 15) is 0 Å². The highest BCUT2D eigenvalue weighted by molar-refractivity contribution is 5.62. The molecule has 0 amide bonds. The summed E-state index contributed by atoms with van der Waals surface area (Å²) in [6.45, 7) is 7.31. The Morgan fingerprint density at radius 2 is 2.06 bits per heavy atom. The second-order valence-electron chi connectivity index (χ2n) is 4.66. The molecule has 0 saturated carbocycles. The normalized spacial score (nSPS) is 11.1. The van der Waals surface area contributed by atoms with E-state index < -0.39 is 0 Å². The predicted molar refractivity (Wildman–Crippen MR) is 70.9 cm³/mol. The SMILES string of the molecule is Cc1ccc(CNC(C)C)cc1-c1ccco1. The average Bonchev–Trinajstić information content (AvgIpc) is 2.81. The van der Waals surface area contributed by atoms with Crippen LogP contribution in [0.2, 0.25) is 0 Å². The van der Waals surface area contributed by atoms with Crippen molar-refractivity contribution in [3.63, 3.8) is 0 Å². The van der Waals surface area contributed by atoms with Crippen LogP contribution in [0.4, 0.5) is 0 Å². The Morgan fingerprint density at radius 1 is 1.24 bits per heavy atom. The van der Waals surface area contributed by atoms with E-state index in [2.05, 4.69) is 44.3 Å². The van der Waals surface area contributed by atoms with Crippen molar-refractivity contribution in [2.45, 2.75) is 33.4 Å². The maximum Gasteiger partial charge on any atom is 0.134 e. The van der Waals surface area contributed by atoms with Gasteiger partial charge >= 0.3 is 0 Å². The van der Waals surface area contributed by atoms with Crippen LogP contribution in [-0.2, 0) is 6.54 Å². The highest BCUT2D eigenvalue weighted by Gasteiger charge is 2.06. The van der Waals surface area contributed by atoms with E-state index >= 15 is 0 Å². The number of aryl methyl sites for hydroxylation is 1. The van der Waals surface area contributed by atoms with Crippen molar-refractivity contribution in [2.75, 3.05) is 0 Å². The zero-order valence-corrected chi connectivity index (χ0v) is 10.7. The quantitative estimate of drug-likeness (QED) is 0.863. The Morgan fingerprint density at radius 3 is 2.71 bits per heavy atom. The smallest absolute Gasteiger partial charge is 0.134 e. The summed E-state index contributed by atoms with van der Waals surface area (Å²) >= 11 is 0. The zero-order chi connectivity index (χ0) is 12.3. The van der Waals surface area contributed by atoms with Gasteiger partial charge in [-0.25, -0.2) is 0 Å². The maximum absolute atomic E-state index is 5.46. The molecule has 2 rings (SSSR count). The van der Waals surface area contributed by atoms with Crippen LogP contribution in [0, 0.1) is 6.92 Å².